The first-order chi connectivity index (χ1) is 7.56. The van der Waals surface area contributed by atoms with Gasteiger partial charge in [0.2, 0.25) is 0 Å². The Morgan fingerprint density at radius 2 is 2.19 bits per heavy atom. The second-order valence-corrected chi connectivity index (χ2v) is 4.46. The van der Waals surface area contributed by atoms with E-state index in [1.54, 1.807) is 16.8 Å². The number of hydrogen-bond acceptors (Lipinski definition) is 2. The molecule has 1 heterocycles. The number of aromatic nitrogens is 2. The zero-order chi connectivity index (χ0) is 11.7. The fourth-order valence-electron chi connectivity index (χ4n) is 1.52. The van der Waals surface area contributed by atoms with Gasteiger partial charge in [-0.1, -0.05) is 15.9 Å². The van der Waals surface area contributed by atoms with Crippen LogP contribution in [0.25, 0.3) is 0 Å². The van der Waals surface area contributed by atoms with Crippen LogP contribution in [0.1, 0.15) is 11.3 Å². The van der Waals surface area contributed by atoms with Crippen molar-refractivity contribution in [3.63, 3.8) is 0 Å². The van der Waals surface area contributed by atoms with Crippen LogP contribution in [0.4, 0.5) is 10.2 Å². The van der Waals surface area contributed by atoms with Crippen molar-refractivity contribution in [2.45, 2.75) is 13.5 Å². The van der Waals surface area contributed by atoms with Crippen molar-refractivity contribution in [3.05, 3.63) is 45.8 Å². The average Bonchev–Trinajstić information content (AvgIpc) is 2.51. The van der Waals surface area contributed by atoms with Crippen LogP contribution in [0.5, 0.6) is 0 Å². The number of rotatable bonds is 2. The first kappa shape index (κ1) is 11.1. The molecule has 2 N–H and O–H groups in total. The molecule has 0 aliphatic carbocycles. The number of aryl methyl sites for hydroxylation is 1. The van der Waals surface area contributed by atoms with Gasteiger partial charge in [0, 0.05) is 10.5 Å². The van der Waals surface area contributed by atoms with Crippen LogP contribution >= 0.6 is 15.9 Å². The van der Waals surface area contributed by atoms with E-state index >= 15 is 0 Å². The average molecular weight is 284 g/mol. The smallest absolute Gasteiger partial charge is 0.123 e. The third-order valence-corrected chi connectivity index (χ3v) is 3.03. The maximum Gasteiger partial charge on any atom is 0.123 e. The van der Waals surface area contributed by atoms with Crippen LogP contribution in [0.15, 0.2) is 28.7 Å². The van der Waals surface area contributed by atoms with Gasteiger partial charge >= 0.3 is 0 Å². The summed E-state index contributed by atoms with van der Waals surface area (Å²) < 4.78 is 15.6. The molecular weight excluding hydrogens is 273 g/mol. The lowest BCUT2D eigenvalue weighted by atomic mass is 10.2. The molecule has 0 bridgehead atoms. The van der Waals surface area contributed by atoms with Crippen LogP contribution < -0.4 is 5.73 Å². The van der Waals surface area contributed by atoms with E-state index in [2.05, 4.69) is 21.0 Å². The van der Waals surface area contributed by atoms with Gasteiger partial charge in [-0.25, -0.2) is 9.07 Å². The largest absolute Gasteiger partial charge is 0.384 e. The standard InChI is InChI=1S/C11H11BrFN3/c1-7-4-11(14)16(15-7)6-8-5-9(13)2-3-10(8)12/h2-5H,6,14H2,1H3. The van der Waals surface area contributed by atoms with Gasteiger partial charge in [0.15, 0.2) is 0 Å². The van der Waals surface area contributed by atoms with Crippen molar-refractivity contribution < 1.29 is 4.39 Å². The van der Waals surface area contributed by atoms with E-state index in [4.69, 9.17) is 5.73 Å². The van der Waals surface area contributed by atoms with Crippen LogP contribution in [0, 0.1) is 12.7 Å². The maximum atomic E-state index is 13.1. The normalized spacial score (nSPS) is 10.7. The summed E-state index contributed by atoms with van der Waals surface area (Å²) in [5.41, 5.74) is 7.44. The third kappa shape index (κ3) is 2.24. The molecule has 84 valence electrons. The van der Waals surface area contributed by atoms with Gasteiger partial charge in [-0.05, 0) is 30.7 Å². The van der Waals surface area contributed by atoms with E-state index in [-0.39, 0.29) is 5.82 Å². The predicted molar refractivity (Wildman–Crippen MR) is 64.6 cm³/mol. The molecular formula is C11H11BrFN3. The topological polar surface area (TPSA) is 43.8 Å². The molecule has 1 aromatic carbocycles. The minimum absolute atomic E-state index is 0.263. The van der Waals surface area contributed by atoms with E-state index in [1.807, 2.05) is 6.92 Å². The molecule has 0 unspecified atom stereocenters. The SMILES string of the molecule is Cc1cc(N)n(Cc2cc(F)ccc2Br)n1. The van der Waals surface area contributed by atoms with Gasteiger partial charge in [-0.3, -0.25) is 0 Å². The van der Waals surface area contributed by atoms with Gasteiger partial charge < -0.3 is 5.73 Å². The molecule has 0 fully saturated rings. The van der Waals surface area contributed by atoms with E-state index < -0.39 is 0 Å². The minimum atomic E-state index is -0.263. The first-order valence-corrected chi connectivity index (χ1v) is 5.59. The van der Waals surface area contributed by atoms with Crippen molar-refractivity contribution in [1.29, 1.82) is 0 Å². The minimum Gasteiger partial charge on any atom is -0.384 e. The van der Waals surface area contributed by atoms with Gasteiger partial charge in [-0.15, -0.1) is 0 Å². The Balaban J connectivity index is 2.33. The molecule has 0 saturated heterocycles. The highest BCUT2D eigenvalue weighted by Gasteiger charge is 2.06. The van der Waals surface area contributed by atoms with E-state index in [9.17, 15) is 4.39 Å². The number of hydrogen-bond donors (Lipinski definition) is 1. The monoisotopic (exact) mass is 283 g/mol. The van der Waals surface area contributed by atoms with Crippen LogP contribution in [0.2, 0.25) is 0 Å². The third-order valence-electron chi connectivity index (χ3n) is 2.26. The highest BCUT2D eigenvalue weighted by Crippen LogP contribution is 2.20. The quantitative estimate of drug-likeness (QED) is 0.921. The summed E-state index contributed by atoms with van der Waals surface area (Å²) in [5, 5.41) is 4.22. The summed E-state index contributed by atoms with van der Waals surface area (Å²) in [7, 11) is 0. The van der Waals surface area contributed by atoms with Gasteiger partial charge in [-0.2, -0.15) is 5.10 Å². The summed E-state index contributed by atoms with van der Waals surface area (Å²) >= 11 is 3.37. The number of anilines is 1. The molecule has 0 saturated carbocycles. The van der Waals surface area contributed by atoms with Gasteiger partial charge in [0.25, 0.3) is 0 Å². The van der Waals surface area contributed by atoms with Gasteiger partial charge in [0.05, 0.1) is 12.2 Å². The van der Waals surface area contributed by atoms with E-state index in [1.165, 1.54) is 12.1 Å². The number of nitrogen functional groups attached to an aromatic ring is 1. The lowest BCUT2D eigenvalue weighted by Crippen LogP contribution is -2.06. The Hall–Kier alpha value is -1.36. The summed E-state index contributed by atoms with van der Waals surface area (Å²) in [6.07, 6.45) is 0. The van der Waals surface area contributed by atoms with Gasteiger partial charge in [0.1, 0.15) is 11.6 Å². The van der Waals surface area contributed by atoms with E-state index in [0.717, 1.165) is 15.7 Å². The highest BCUT2D eigenvalue weighted by molar-refractivity contribution is 9.10. The lowest BCUT2D eigenvalue weighted by molar-refractivity contribution is 0.619. The lowest BCUT2D eigenvalue weighted by Gasteiger charge is -2.06. The number of halogens is 2. The fraction of sp³-hybridized carbons (Fsp3) is 0.182. The summed E-state index contributed by atoms with van der Waals surface area (Å²) in [6, 6.07) is 6.34. The molecule has 2 aromatic rings. The molecule has 5 heteroatoms. The Labute approximate surface area is 101 Å². The second kappa shape index (κ2) is 4.25. The van der Waals surface area contributed by atoms with Crippen LogP contribution in [-0.2, 0) is 6.54 Å². The van der Waals surface area contributed by atoms with E-state index in [0.29, 0.717) is 12.4 Å². The maximum absolute atomic E-state index is 13.1. The zero-order valence-electron chi connectivity index (χ0n) is 8.74. The Morgan fingerprint density at radius 1 is 1.44 bits per heavy atom. The summed E-state index contributed by atoms with van der Waals surface area (Å²) in [5.74, 6) is 0.314. The molecule has 16 heavy (non-hydrogen) atoms. The molecule has 3 nitrogen and oxygen atoms in total. The molecule has 0 atom stereocenters. The van der Waals surface area contributed by atoms with Crippen LogP contribution in [-0.4, -0.2) is 9.78 Å². The Morgan fingerprint density at radius 3 is 2.81 bits per heavy atom. The van der Waals surface area contributed by atoms with Crippen molar-refractivity contribution in [3.8, 4) is 0 Å². The highest BCUT2D eigenvalue weighted by atomic mass is 79.9. The Kier molecular flexibility index (Phi) is 2.96. The second-order valence-electron chi connectivity index (χ2n) is 3.60. The molecule has 0 amide bonds. The number of nitrogens with zero attached hydrogens (tertiary/aromatic N) is 2. The van der Waals surface area contributed by atoms with Crippen LogP contribution in [0.3, 0.4) is 0 Å². The molecule has 2 rings (SSSR count). The molecule has 0 aliphatic rings. The first-order valence-electron chi connectivity index (χ1n) is 4.80. The fourth-order valence-corrected chi connectivity index (χ4v) is 1.89. The predicted octanol–water partition coefficient (Wildman–Crippen LogP) is 2.72. The van der Waals surface area contributed by atoms with Crippen molar-refractivity contribution in [1.82, 2.24) is 9.78 Å². The number of benzene rings is 1. The molecule has 0 spiro atoms. The molecule has 0 aliphatic heterocycles. The van der Waals surface area contributed by atoms with Crippen molar-refractivity contribution >= 4 is 21.7 Å². The molecule has 1 aromatic heterocycles. The van der Waals surface area contributed by atoms with Crippen molar-refractivity contribution in [2.75, 3.05) is 5.73 Å². The summed E-state index contributed by atoms with van der Waals surface area (Å²) in [6.45, 7) is 2.32. The number of nitrogens with two attached hydrogens (primary N) is 1. The zero-order valence-corrected chi connectivity index (χ0v) is 10.3. The van der Waals surface area contributed by atoms with Crippen molar-refractivity contribution in [2.24, 2.45) is 0 Å². The summed E-state index contributed by atoms with van der Waals surface area (Å²) in [4.78, 5) is 0. The molecule has 0 radical (unpaired) electrons. The Bertz CT molecular complexity index is 522.